The molecule has 1 aliphatic rings. The van der Waals surface area contributed by atoms with Gasteiger partial charge in [0.2, 0.25) is 0 Å². The smallest absolute Gasteiger partial charge is 0.0641 e. The van der Waals surface area contributed by atoms with Gasteiger partial charge in [0.1, 0.15) is 0 Å². The topological polar surface area (TPSA) is 36.3 Å². The van der Waals surface area contributed by atoms with Gasteiger partial charge in [0.15, 0.2) is 0 Å². The van der Waals surface area contributed by atoms with Crippen molar-refractivity contribution in [1.82, 2.24) is 24.9 Å². The zero-order valence-corrected chi connectivity index (χ0v) is 12.7. The molecule has 1 aromatic heterocycles. The predicted octanol–water partition coefficient (Wildman–Crippen LogP) is 0.374. The molecule has 2 heterocycles. The van der Waals surface area contributed by atoms with Crippen LogP contribution in [-0.4, -0.2) is 65.9 Å². The summed E-state index contributed by atoms with van der Waals surface area (Å²) in [7, 11) is 4.22. The lowest BCUT2D eigenvalue weighted by atomic mass is 10.2. The highest BCUT2D eigenvalue weighted by atomic mass is 15.3. The van der Waals surface area contributed by atoms with Gasteiger partial charge in [-0.25, -0.2) is 0 Å². The van der Waals surface area contributed by atoms with Gasteiger partial charge < -0.3 is 10.2 Å². The molecule has 0 radical (unpaired) electrons. The maximum Gasteiger partial charge on any atom is 0.0641 e. The van der Waals surface area contributed by atoms with Gasteiger partial charge >= 0.3 is 0 Å². The van der Waals surface area contributed by atoms with Gasteiger partial charge in [0.25, 0.3) is 0 Å². The molecule has 0 aromatic carbocycles. The van der Waals surface area contributed by atoms with Gasteiger partial charge in [-0.3, -0.25) is 9.58 Å². The summed E-state index contributed by atoms with van der Waals surface area (Å²) in [6, 6.07) is 0. The summed E-state index contributed by atoms with van der Waals surface area (Å²) in [5, 5.41) is 7.88. The highest BCUT2D eigenvalue weighted by Crippen LogP contribution is 2.13. The molecule has 1 aliphatic heterocycles. The van der Waals surface area contributed by atoms with E-state index < -0.39 is 0 Å². The quantitative estimate of drug-likeness (QED) is 0.835. The Morgan fingerprint density at radius 1 is 1.26 bits per heavy atom. The number of hydrogen-bond acceptors (Lipinski definition) is 4. The van der Waals surface area contributed by atoms with Crippen LogP contribution in [0.5, 0.6) is 0 Å². The number of piperazine rings is 1. The van der Waals surface area contributed by atoms with Crippen molar-refractivity contribution in [3.8, 4) is 0 Å². The molecule has 1 N–H and O–H groups in total. The summed E-state index contributed by atoms with van der Waals surface area (Å²) >= 11 is 0. The minimum Gasteiger partial charge on any atom is -0.314 e. The van der Waals surface area contributed by atoms with Gasteiger partial charge in [-0.15, -0.1) is 0 Å². The van der Waals surface area contributed by atoms with Crippen LogP contribution in [0.1, 0.15) is 17.0 Å². The monoisotopic (exact) mass is 265 g/mol. The lowest BCUT2D eigenvalue weighted by Crippen LogP contribution is -2.45. The van der Waals surface area contributed by atoms with Crippen LogP contribution in [0.3, 0.4) is 0 Å². The van der Waals surface area contributed by atoms with Crippen LogP contribution in [0, 0.1) is 13.8 Å². The minimum absolute atomic E-state index is 0.998. The van der Waals surface area contributed by atoms with Gasteiger partial charge in [-0.1, -0.05) is 0 Å². The maximum atomic E-state index is 4.48. The second kappa shape index (κ2) is 6.50. The second-order valence-corrected chi connectivity index (χ2v) is 5.60. The van der Waals surface area contributed by atoms with Crippen LogP contribution in [0.15, 0.2) is 0 Å². The number of aromatic nitrogens is 2. The third-order valence-electron chi connectivity index (χ3n) is 4.09. The zero-order chi connectivity index (χ0) is 13.8. The molecule has 5 heteroatoms. The first-order chi connectivity index (χ1) is 9.08. The summed E-state index contributed by atoms with van der Waals surface area (Å²) in [5.41, 5.74) is 3.82. The van der Waals surface area contributed by atoms with E-state index in [1.165, 1.54) is 24.3 Å². The lowest BCUT2D eigenvalue weighted by molar-refractivity contribution is 0.202. The molecule has 2 rings (SSSR count). The number of nitrogens with zero attached hydrogens (tertiary/aromatic N) is 4. The average Bonchev–Trinajstić information content (AvgIpc) is 2.64. The number of likely N-dealkylation sites (N-methyl/N-ethyl adjacent to an activating group) is 1. The van der Waals surface area contributed by atoms with E-state index in [0.717, 1.165) is 38.4 Å². The van der Waals surface area contributed by atoms with Gasteiger partial charge in [-0.2, -0.15) is 5.10 Å². The van der Waals surface area contributed by atoms with E-state index in [-0.39, 0.29) is 0 Å². The van der Waals surface area contributed by atoms with Crippen molar-refractivity contribution in [2.45, 2.75) is 20.4 Å². The molecule has 1 saturated heterocycles. The Labute approximate surface area is 116 Å². The number of aryl methyl sites for hydroxylation is 2. The third kappa shape index (κ3) is 3.78. The van der Waals surface area contributed by atoms with Crippen LogP contribution in [0.4, 0.5) is 0 Å². The first kappa shape index (κ1) is 14.5. The average molecular weight is 265 g/mol. The molecule has 0 bridgehead atoms. The maximum absolute atomic E-state index is 4.48. The predicted molar refractivity (Wildman–Crippen MR) is 78.3 cm³/mol. The van der Waals surface area contributed by atoms with E-state index in [2.05, 4.69) is 41.1 Å². The molecule has 0 atom stereocenters. The first-order valence-electron chi connectivity index (χ1n) is 7.18. The van der Waals surface area contributed by atoms with Crippen LogP contribution in [-0.2, 0) is 13.6 Å². The van der Waals surface area contributed by atoms with Crippen molar-refractivity contribution in [3.63, 3.8) is 0 Å². The van der Waals surface area contributed by atoms with E-state index in [1.807, 2.05) is 11.7 Å². The molecule has 108 valence electrons. The van der Waals surface area contributed by atoms with Gasteiger partial charge in [0, 0.05) is 64.1 Å². The molecule has 19 heavy (non-hydrogen) atoms. The van der Waals surface area contributed by atoms with Crippen molar-refractivity contribution in [2.75, 3.05) is 46.3 Å². The van der Waals surface area contributed by atoms with Gasteiger partial charge in [-0.05, 0) is 20.9 Å². The second-order valence-electron chi connectivity index (χ2n) is 5.60. The Morgan fingerprint density at radius 2 is 1.95 bits per heavy atom. The van der Waals surface area contributed by atoms with Crippen molar-refractivity contribution in [2.24, 2.45) is 7.05 Å². The Morgan fingerprint density at radius 3 is 2.53 bits per heavy atom. The van der Waals surface area contributed by atoms with Crippen LogP contribution in [0.2, 0.25) is 0 Å². The fourth-order valence-electron chi connectivity index (χ4n) is 2.64. The van der Waals surface area contributed by atoms with Crippen LogP contribution >= 0.6 is 0 Å². The molecule has 1 fully saturated rings. The molecule has 5 nitrogen and oxygen atoms in total. The molecule has 0 aliphatic carbocycles. The standard InChI is InChI=1S/C14H27N5/c1-12-14(13(2)18(4)16-12)11-17(3)9-10-19-7-5-15-6-8-19/h15H,5-11H2,1-4H3. The van der Waals surface area contributed by atoms with Crippen molar-refractivity contribution in [3.05, 3.63) is 17.0 Å². The van der Waals surface area contributed by atoms with E-state index in [1.54, 1.807) is 0 Å². The molecule has 0 spiro atoms. The Bertz CT molecular complexity index is 406. The lowest BCUT2D eigenvalue weighted by Gasteiger charge is -2.29. The Balaban J connectivity index is 1.81. The molecule has 0 unspecified atom stereocenters. The van der Waals surface area contributed by atoms with Crippen molar-refractivity contribution in [1.29, 1.82) is 0 Å². The molecule has 1 aromatic rings. The summed E-state index contributed by atoms with van der Waals surface area (Å²) < 4.78 is 1.98. The van der Waals surface area contributed by atoms with E-state index >= 15 is 0 Å². The van der Waals surface area contributed by atoms with Crippen molar-refractivity contribution >= 4 is 0 Å². The summed E-state index contributed by atoms with van der Waals surface area (Å²) in [6.07, 6.45) is 0. The Kier molecular flexibility index (Phi) is 4.96. The fraction of sp³-hybridized carbons (Fsp3) is 0.786. The zero-order valence-electron chi connectivity index (χ0n) is 12.7. The van der Waals surface area contributed by atoms with E-state index in [9.17, 15) is 0 Å². The highest BCUT2D eigenvalue weighted by Gasteiger charge is 2.13. The van der Waals surface area contributed by atoms with Crippen LogP contribution in [0.25, 0.3) is 0 Å². The SMILES string of the molecule is Cc1nn(C)c(C)c1CN(C)CCN1CCNCC1. The normalized spacial score (nSPS) is 17.3. The molecule has 0 amide bonds. The van der Waals surface area contributed by atoms with E-state index in [0.29, 0.717) is 0 Å². The fourth-order valence-corrected chi connectivity index (χ4v) is 2.64. The number of rotatable bonds is 5. The first-order valence-corrected chi connectivity index (χ1v) is 7.18. The highest BCUT2D eigenvalue weighted by molar-refractivity contribution is 5.24. The molecule has 0 saturated carbocycles. The minimum atomic E-state index is 0.998. The largest absolute Gasteiger partial charge is 0.314 e. The van der Waals surface area contributed by atoms with Gasteiger partial charge in [0.05, 0.1) is 5.69 Å². The summed E-state index contributed by atoms with van der Waals surface area (Å²) in [4.78, 5) is 4.94. The van der Waals surface area contributed by atoms with Crippen LogP contribution < -0.4 is 5.32 Å². The number of nitrogens with one attached hydrogen (secondary N) is 1. The van der Waals surface area contributed by atoms with E-state index in [4.69, 9.17) is 0 Å². The summed E-state index contributed by atoms with van der Waals surface area (Å²) in [5.74, 6) is 0. The number of hydrogen-bond donors (Lipinski definition) is 1. The Hall–Kier alpha value is -0.910. The third-order valence-corrected chi connectivity index (χ3v) is 4.09. The molecular formula is C14H27N5. The molecular weight excluding hydrogens is 238 g/mol. The van der Waals surface area contributed by atoms with Crippen molar-refractivity contribution < 1.29 is 0 Å². The summed E-state index contributed by atoms with van der Waals surface area (Å²) in [6.45, 7) is 12.2.